The van der Waals surface area contributed by atoms with Gasteiger partial charge in [0.2, 0.25) is 0 Å². The number of methoxy groups -OCH3 is 1. The second-order valence-electron chi connectivity index (χ2n) is 7.63. The van der Waals surface area contributed by atoms with Crippen molar-refractivity contribution in [1.82, 2.24) is 14.3 Å². The van der Waals surface area contributed by atoms with Crippen LogP contribution in [0.4, 0.5) is 0 Å². The Labute approximate surface area is 164 Å². The molecule has 0 aliphatic carbocycles. The van der Waals surface area contributed by atoms with Gasteiger partial charge < -0.3 is 9.64 Å². The van der Waals surface area contributed by atoms with Crippen LogP contribution in [-0.2, 0) is 0 Å². The average Bonchev–Trinajstić information content (AvgIpc) is 3.20. The largest absolute Gasteiger partial charge is 0.497 e. The molecule has 2 heterocycles. The highest BCUT2D eigenvalue weighted by atomic mass is 32.1. The van der Waals surface area contributed by atoms with Crippen molar-refractivity contribution >= 4 is 22.2 Å². The number of nitrogens with zero attached hydrogens (tertiary/aromatic N) is 3. The van der Waals surface area contributed by atoms with E-state index < -0.39 is 0 Å². The monoisotopic (exact) mass is 385 g/mol. The van der Waals surface area contributed by atoms with E-state index in [1.165, 1.54) is 11.3 Å². The van der Waals surface area contributed by atoms with Gasteiger partial charge >= 0.3 is 0 Å². The minimum Gasteiger partial charge on any atom is -0.497 e. The van der Waals surface area contributed by atoms with Crippen LogP contribution in [0.5, 0.6) is 5.75 Å². The molecular formula is C21H27N3O2S. The number of thiazole rings is 1. The molecule has 144 valence electrons. The Morgan fingerprint density at radius 2 is 1.78 bits per heavy atom. The quantitative estimate of drug-likeness (QED) is 0.585. The molecule has 0 fully saturated rings. The van der Waals surface area contributed by atoms with Crippen LogP contribution in [0.3, 0.4) is 0 Å². The lowest BCUT2D eigenvalue weighted by Crippen LogP contribution is -2.37. The maximum atomic E-state index is 13.2. The van der Waals surface area contributed by atoms with E-state index >= 15 is 0 Å². The Hall–Kier alpha value is -2.34. The van der Waals surface area contributed by atoms with Gasteiger partial charge in [-0.15, -0.1) is 11.3 Å². The van der Waals surface area contributed by atoms with E-state index in [-0.39, 0.29) is 5.91 Å². The molecule has 3 rings (SSSR count). The molecule has 0 aliphatic heterocycles. The molecule has 27 heavy (non-hydrogen) atoms. The van der Waals surface area contributed by atoms with Crippen molar-refractivity contribution < 1.29 is 9.53 Å². The molecule has 0 radical (unpaired) electrons. The number of rotatable bonds is 7. The maximum Gasteiger partial charge on any atom is 0.271 e. The second kappa shape index (κ2) is 8.13. The number of benzene rings is 1. The number of amides is 1. The number of carbonyl (C=O) groups excluding carboxylic acids is 1. The van der Waals surface area contributed by atoms with Gasteiger partial charge in [-0.25, -0.2) is 4.98 Å². The zero-order valence-corrected chi connectivity index (χ0v) is 17.4. The van der Waals surface area contributed by atoms with Crippen LogP contribution in [-0.4, -0.2) is 40.4 Å². The smallest absolute Gasteiger partial charge is 0.271 e. The van der Waals surface area contributed by atoms with Crippen molar-refractivity contribution in [3.05, 3.63) is 41.5 Å². The first kappa shape index (κ1) is 19.4. The molecule has 0 unspecified atom stereocenters. The molecule has 0 spiro atoms. The molecule has 1 amide bonds. The number of hydrogen-bond acceptors (Lipinski definition) is 4. The molecule has 0 saturated carbocycles. The molecule has 0 saturated heterocycles. The van der Waals surface area contributed by atoms with Crippen molar-refractivity contribution in [2.45, 2.75) is 27.7 Å². The minimum atomic E-state index is 0.0716. The Bertz CT molecular complexity index is 899. The normalized spacial score (nSPS) is 11.5. The first-order chi connectivity index (χ1) is 12.9. The highest BCUT2D eigenvalue weighted by molar-refractivity contribution is 7.15. The highest BCUT2D eigenvalue weighted by Crippen LogP contribution is 2.26. The van der Waals surface area contributed by atoms with E-state index in [1.807, 2.05) is 45.1 Å². The van der Waals surface area contributed by atoms with Crippen molar-refractivity contribution in [1.29, 1.82) is 0 Å². The highest BCUT2D eigenvalue weighted by Gasteiger charge is 2.22. The summed E-state index contributed by atoms with van der Waals surface area (Å²) in [6, 6.07) is 7.80. The molecule has 2 aromatic heterocycles. The summed E-state index contributed by atoms with van der Waals surface area (Å²) in [4.78, 5) is 20.7. The third-order valence-corrected chi connectivity index (χ3v) is 5.11. The molecule has 6 heteroatoms. The Morgan fingerprint density at radius 1 is 1.15 bits per heavy atom. The van der Waals surface area contributed by atoms with Gasteiger partial charge in [-0.1, -0.05) is 27.7 Å². The molecule has 0 aliphatic rings. The first-order valence-corrected chi connectivity index (χ1v) is 10.2. The lowest BCUT2D eigenvalue weighted by atomic mass is 10.1. The van der Waals surface area contributed by atoms with Gasteiger partial charge in [0.1, 0.15) is 11.4 Å². The van der Waals surface area contributed by atoms with Crippen LogP contribution in [0.25, 0.3) is 16.2 Å². The minimum absolute atomic E-state index is 0.0716. The molecule has 3 aromatic rings. The average molecular weight is 386 g/mol. The molecule has 0 atom stereocenters. The predicted molar refractivity (Wildman–Crippen MR) is 111 cm³/mol. The van der Waals surface area contributed by atoms with Gasteiger partial charge in [-0.3, -0.25) is 9.20 Å². The van der Waals surface area contributed by atoms with Gasteiger partial charge in [0.15, 0.2) is 4.96 Å². The van der Waals surface area contributed by atoms with Crippen LogP contribution < -0.4 is 4.74 Å². The summed E-state index contributed by atoms with van der Waals surface area (Å²) >= 11 is 1.50. The molecule has 0 bridgehead atoms. The fourth-order valence-corrected chi connectivity index (χ4v) is 3.97. The fraction of sp³-hybridized carbons (Fsp3) is 0.429. The van der Waals surface area contributed by atoms with Gasteiger partial charge in [-0.05, 0) is 36.1 Å². The summed E-state index contributed by atoms with van der Waals surface area (Å²) in [7, 11) is 1.65. The summed E-state index contributed by atoms with van der Waals surface area (Å²) in [5, 5.41) is 1.91. The Morgan fingerprint density at radius 3 is 2.33 bits per heavy atom. The number of ether oxygens (including phenoxy) is 1. The lowest BCUT2D eigenvalue weighted by Gasteiger charge is -2.26. The fourth-order valence-electron chi connectivity index (χ4n) is 3.12. The van der Waals surface area contributed by atoms with E-state index in [0.717, 1.165) is 35.1 Å². The molecule has 0 N–H and O–H groups in total. The number of aromatic nitrogens is 2. The second-order valence-corrected chi connectivity index (χ2v) is 8.46. The summed E-state index contributed by atoms with van der Waals surface area (Å²) in [5.74, 6) is 1.75. The van der Waals surface area contributed by atoms with Crippen molar-refractivity contribution in [2.24, 2.45) is 11.8 Å². The van der Waals surface area contributed by atoms with Crippen molar-refractivity contribution in [3.63, 3.8) is 0 Å². The summed E-state index contributed by atoms with van der Waals surface area (Å²) in [6.45, 7) is 10.1. The van der Waals surface area contributed by atoms with Crippen molar-refractivity contribution in [2.75, 3.05) is 20.2 Å². The number of carbonyl (C=O) groups is 1. The zero-order valence-electron chi connectivity index (χ0n) is 16.6. The molecule has 5 nitrogen and oxygen atoms in total. The van der Waals surface area contributed by atoms with Crippen molar-refractivity contribution in [3.8, 4) is 17.0 Å². The van der Waals surface area contributed by atoms with Crippen LogP contribution in [0.1, 0.15) is 38.2 Å². The van der Waals surface area contributed by atoms with Gasteiger partial charge in [0.25, 0.3) is 5.91 Å². The predicted octanol–water partition coefficient (Wildman–Crippen LogP) is 4.83. The number of imidazole rings is 1. The zero-order chi connectivity index (χ0) is 19.6. The molecule has 1 aromatic carbocycles. The number of fused-ring (bicyclic) bond motifs is 1. The van der Waals surface area contributed by atoms with Gasteiger partial charge in [0.05, 0.1) is 12.8 Å². The van der Waals surface area contributed by atoms with Crippen LogP contribution in [0, 0.1) is 11.8 Å². The van der Waals surface area contributed by atoms with Crippen LogP contribution in [0.15, 0.2) is 35.8 Å². The number of hydrogen-bond donors (Lipinski definition) is 0. The Kier molecular flexibility index (Phi) is 5.85. The van der Waals surface area contributed by atoms with E-state index in [0.29, 0.717) is 17.5 Å². The Balaban J connectivity index is 1.92. The lowest BCUT2D eigenvalue weighted by molar-refractivity contribution is 0.0708. The third-order valence-electron chi connectivity index (χ3n) is 4.27. The topological polar surface area (TPSA) is 46.8 Å². The summed E-state index contributed by atoms with van der Waals surface area (Å²) in [5.41, 5.74) is 2.55. The van der Waals surface area contributed by atoms with E-state index in [1.54, 1.807) is 7.11 Å². The first-order valence-electron chi connectivity index (χ1n) is 9.29. The van der Waals surface area contributed by atoms with Crippen LogP contribution >= 0.6 is 11.3 Å². The van der Waals surface area contributed by atoms with E-state index in [2.05, 4.69) is 27.7 Å². The standard InChI is InChI=1S/C21H27N3O2S/c1-14(2)10-23(11-15(3)4)20(25)19-13-27-21-22-18(12-24(19)21)16-6-8-17(26-5)9-7-16/h6-9,12-15H,10-11H2,1-5H3. The van der Waals surface area contributed by atoms with Gasteiger partial charge in [-0.2, -0.15) is 0 Å². The van der Waals surface area contributed by atoms with Gasteiger partial charge in [0, 0.05) is 30.2 Å². The maximum absolute atomic E-state index is 13.2. The van der Waals surface area contributed by atoms with E-state index in [9.17, 15) is 4.79 Å². The van der Waals surface area contributed by atoms with E-state index in [4.69, 9.17) is 9.72 Å². The SMILES string of the molecule is COc1ccc(-c2cn3c(C(=O)N(CC(C)C)CC(C)C)csc3n2)cc1. The third kappa shape index (κ3) is 4.33. The summed E-state index contributed by atoms with van der Waals surface area (Å²) < 4.78 is 7.13. The summed E-state index contributed by atoms with van der Waals surface area (Å²) in [6.07, 6.45) is 1.95. The molecular weight excluding hydrogens is 358 g/mol. The van der Waals surface area contributed by atoms with Crippen LogP contribution in [0.2, 0.25) is 0 Å².